The zero-order valence-corrected chi connectivity index (χ0v) is 16.2. The van der Waals surface area contributed by atoms with Crippen LogP contribution < -0.4 is 15.2 Å². The standard InChI is InChI=1S/C23H23N3O3/c27-22-14-19(18-3-1-2-4-20(18)24-22)23(28)26-10-8-25(9-11-26)15-16-5-6-21-17(13-16)7-12-29-21/h1-6,13-14H,7-12,15H2,(H,24,27)/p+1. The Balaban J connectivity index is 1.27. The number of quaternary nitrogens is 1. The summed E-state index contributed by atoms with van der Waals surface area (Å²) in [6, 6.07) is 15.4. The van der Waals surface area contributed by atoms with Crippen molar-refractivity contribution in [2.45, 2.75) is 13.0 Å². The zero-order valence-electron chi connectivity index (χ0n) is 16.2. The van der Waals surface area contributed by atoms with Crippen molar-refractivity contribution in [3.05, 3.63) is 75.6 Å². The predicted octanol–water partition coefficient (Wildman–Crippen LogP) is 1.00. The molecule has 1 aromatic heterocycles. The molecule has 2 N–H and O–H groups in total. The number of carbonyl (C=O) groups is 1. The molecule has 0 unspecified atom stereocenters. The summed E-state index contributed by atoms with van der Waals surface area (Å²) in [6.45, 7) is 4.94. The monoisotopic (exact) mass is 390 g/mol. The third kappa shape index (κ3) is 3.51. The van der Waals surface area contributed by atoms with E-state index in [4.69, 9.17) is 4.74 Å². The van der Waals surface area contributed by atoms with Crippen LogP contribution in [0.5, 0.6) is 5.75 Å². The molecule has 6 nitrogen and oxygen atoms in total. The highest BCUT2D eigenvalue weighted by molar-refractivity contribution is 6.05. The van der Waals surface area contributed by atoms with Gasteiger partial charge in [-0.25, -0.2) is 0 Å². The van der Waals surface area contributed by atoms with Crippen molar-refractivity contribution in [2.75, 3.05) is 32.8 Å². The van der Waals surface area contributed by atoms with Gasteiger partial charge in [0.05, 0.1) is 38.3 Å². The minimum Gasteiger partial charge on any atom is -0.493 e. The molecular formula is C23H24N3O3+. The highest BCUT2D eigenvalue weighted by Crippen LogP contribution is 2.25. The van der Waals surface area contributed by atoms with Gasteiger partial charge in [0.15, 0.2) is 0 Å². The maximum Gasteiger partial charge on any atom is 0.255 e. The molecular weight excluding hydrogens is 366 g/mol. The highest BCUT2D eigenvalue weighted by Gasteiger charge is 2.26. The maximum atomic E-state index is 13.1. The molecule has 0 spiro atoms. The molecule has 0 atom stereocenters. The van der Waals surface area contributed by atoms with E-state index < -0.39 is 0 Å². The third-order valence-electron chi connectivity index (χ3n) is 5.95. The molecule has 0 radical (unpaired) electrons. The first-order valence-electron chi connectivity index (χ1n) is 10.2. The van der Waals surface area contributed by atoms with Crippen LogP contribution in [0, 0.1) is 0 Å². The Labute approximate surface area is 168 Å². The van der Waals surface area contributed by atoms with Crippen molar-refractivity contribution >= 4 is 16.8 Å². The number of pyridine rings is 1. The second-order valence-corrected chi connectivity index (χ2v) is 7.85. The van der Waals surface area contributed by atoms with Gasteiger partial charge in [-0.05, 0) is 29.8 Å². The van der Waals surface area contributed by atoms with Gasteiger partial charge in [0.1, 0.15) is 12.3 Å². The number of rotatable bonds is 3. The molecule has 0 bridgehead atoms. The van der Waals surface area contributed by atoms with Crippen LogP contribution in [0.4, 0.5) is 0 Å². The van der Waals surface area contributed by atoms with E-state index in [0.29, 0.717) is 24.2 Å². The largest absolute Gasteiger partial charge is 0.493 e. The molecule has 6 heteroatoms. The van der Waals surface area contributed by atoms with Gasteiger partial charge < -0.3 is 19.5 Å². The smallest absolute Gasteiger partial charge is 0.255 e. The lowest BCUT2D eigenvalue weighted by Gasteiger charge is -2.32. The summed E-state index contributed by atoms with van der Waals surface area (Å²) >= 11 is 0. The molecule has 1 saturated heterocycles. The SMILES string of the molecule is O=C(c1cc(=O)[nH]c2ccccc12)N1CC[NH+](Cc2ccc3c(c2)CCO3)CC1. The van der Waals surface area contributed by atoms with E-state index in [2.05, 4.69) is 23.2 Å². The molecule has 1 amide bonds. The quantitative estimate of drug-likeness (QED) is 0.701. The summed E-state index contributed by atoms with van der Waals surface area (Å²) in [5.74, 6) is 0.963. The van der Waals surface area contributed by atoms with Gasteiger partial charge in [0, 0.05) is 29.0 Å². The van der Waals surface area contributed by atoms with Gasteiger partial charge in [-0.15, -0.1) is 0 Å². The number of H-pyrrole nitrogens is 1. The first-order valence-corrected chi connectivity index (χ1v) is 10.2. The van der Waals surface area contributed by atoms with Crippen LogP contribution in [0.1, 0.15) is 21.5 Å². The summed E-state index contributed by atoms with van der Waals surface area (Å²) < 4.78 is 5.59. The molecule has 3 heterocycles. The number of nitrogens with one attached hydrogen (secondary N) is 2. The Hall–Kier alpha value is -3.12. The summed E-state index contributed by atoms with van der Waals surface area (Å²) in [5, 5.41) is 0.798. The molecule has 2 aliphatic heterocycles. The molecule has 5 rings (SSSR count). The van der Waals surface area contributed by atoms with Gasteiger partial charge in [-0.2, -0.15) is 0 Å². The molecule has 0 saturated carbocycles. The Morgan fingerprint density at radius 3 is 2.79 bits per heavy atom. The molecule has 1 fully saturated rings. The van der Waals surface area contributed by atoms with E-state index in [1.165, 1.54) is 22.1 Å². The van der Waals surface area contributed by atoms with Gasteiger partial charge in [-0.1, -0.05) is 18.2 Å². The van der Waals surface area contributed by atoms with Crippen LogP contribution in [0.3, 0.4) is 0 Å². The van der Waals surface area contributed by atoms with E-state index in [1.807, 2.05) is 29.2 Å². The lowest BCUT2D eigenvalue weighted by atomic mass is 10.1. The minimum absolute atomic E-state index is 0.0546. The fourth-order valence-electron chi connectivity index (χ4n) is 4.39. The summed E-state index contributed by atoms with van der Waals surface area (Å²) in [7, 11) is 0. The molecule has 3 aromatic rings. The maximum absolute atomic E-state index is 13.1. The average Bonchev–Trinajstić information content (AvgIpc) is 3.21. The predicted molar refractivity (Wildman–Crippen MR) is 111 cm³/mol. The number of carbonyl (C=O) groups excluding carboxylic acids is 1. The topological polar surface area (TPSA) is 66.8 Å². The van der Waals surface area contributed by atoms with E-state index in [-0.39, 0.29) is 11.5 Å². The Morgan fingerprint density at radius 1 is 1.10 bits per heavy atom. The number of hydrogen-bond donors (Lipinski definition) is 2. The third-order valence-corrected chi connectivity index (χ3v) is 5.95. The number of ether oxygens (including phenoxy) is 1. The number of nitrogens with zero attached hydrogens (tertiary/aromatic N) is 1. The average molecular weight is 390 g/mol. The number of para-hydroxylation sites is 1. The first kappa shape index (κ1) is 17.9. The molecule has 2 aromatic carbocycles. The Bertz CT molecular complexity index is 1130. The van der Waals surface area contributed by atoms with E-state index >= 15 is 0 Å². The number of fused-ring (bicyclic) bond motifs is 2. The number of aromatic amines is 1. The second-order valence-electron chi connectivity index (χ2n) is 7.85. The summed E-state index contributed by atoms with van der Waals surface area (Å²) in [6.07, 6.45) is 0.991. The van der Waals surface area contributed by atoms with Crippen molar-refractivity contribution in [1.82, 2.24) is 9.88 Å². The van der Waals surface area contributed by atoms with Gasteiger partial charge in [-0.3, -0.25) is 9.59 Å². The van der Waals surface area contributed by atoms with Crippen molar-refractivity contribution in [1.29, 1.82) is 0 Å². The number of hydrogen-bond acceptors (Lipinski definition) is 3. The Morgan fingerprint density at radius 2 is 1.93 bits per heavy atom. The van der Waals surface area contributed by atoms with Crippen LogP contribution in [0.2, 0.25) is 0 Å². The van der Waals surface area contributed by atoms with Crippen LogP contribution in [0.25, 0.3) is 10.9 Å². The minimum atomic E-state index is -0.239. The van der Waals surface area contributed by atoms with Crippen molar-refractivity contribution in [3.63, 3.8) is 0 Å². The zero-order chi connectivity index (χ0) is 19.8. The van der Waals surface area contributed by atoms with Crippen molar-refractivity contribution in [3.8, 4) is 5.75 Å². The van der Waals surface area contributed by atoms with Gasteiger partial charge >= 0.3 is 0 Å². The molecule has 148 valence electrons. The van der Waals surface area contributed by atoms with Crippen molar-refractivity contribution in [2.24, 2.45) is 0 Å². The first-order chi connectivity index (χ1) is 14.2. The number of amides is 1. The number of benzene rings is 2. The lowest BCUT2D eigenvalue weighted by Crippen LogP contribution is -3.13. The van der Waals surface area contributed by atoms with Crippen LogP contribution in [0.15, 0.2) is 53.3 Å². The normalized spacial score (nSPS) is 16.6. The fourth-order valence-corrected chi connectivity index (χ4v) is 4.39. The van der Waals surface area contributed by atoms with Gasteiger partial charge in [0.2, 0.25) is 5.56 Å². The second kappa shape index (κ2) is 7.37. The van der Waals surface area contributed by atoms with Gasteiger partial charge in [0.25, 0.3) is 5.91 Å². The van der Waals surface area contributed by atoms with Crippen molar-refractivity contribution < 1.29 is 14.4 Å². The summed E-state index contributed by atoms with van der Waals surface area (Å²) in [4.78, 5) is 31.2. The molecule has 29 heavy (non-hydrogen) atoms. The number of aromatic nitrogens is 1. The highest BCUT2D eigenvalue weighted by atomic mass is 16.5. The van der Waals surface area contributed by atoms with E-state index in [9.17, 15) is 9.59 Å². The van der Waals surface area contributed by atoms with E-state index in [0.717, 1.165) is 43.8 Å². The Kier molecular flexibility index (Phi) is 4.56. The van der Waals surface area contributed by atoms with Crippen LogP contribution in [-0.2, 0) is 13.0 Å². The van der Waals surface area contributed by atoms with E-state index in [1.54, 1.807) is 0 Å². The van der Waals surface area contributed by atoms with Crippen LogP contribution >= 0.6 is 0 Å². The lowest BCUT2D eigenvalue weighted by molar-refractivity contribution is -0.917. The fraction of sp³-hybridized carbons (Fsp3) is 0.304. The molecule has 2 aliphatic rings. The van der Waals surface area contributed by atoms with Crippen LogP contribution in [-0.4, -0.2) is 48.6 Å². The molecule has 0 aliphatic carbocycles. The number of piperazine rings is 1. The summed E-state index contributed by atoms with van der Waals surface area (Å²) in [5.41, 5.74) is 3.58.